The van der Waals surface area contributed by atoms with Gasteiger partial charge in [-0.2, -0.15) is 0 Å². The number of fused-ring (bicyclic) bond motifs is 1. The number of hydrogen-bond acceptors (Lipinski definition) is 9. The molecular formula is C34H39ClFN5O5. The van der Waals surface area contributed by atoms with Crippen LogP contribution in [-0.4, -0.2) is 67.0 Å². The van der Waals surface area contributed by atoms with Gasteiger partial charge in [0.15, 0.2) is 11.5 Å². The molecule has 10 nitrogen and oxygen atoms in total. The van der Waals surface area contributed by atoms with E-state index in [0.717, 1.165) is 29.5 Å². The molecule has 1 fully saturated rings. The summed E-state index contributed by atoms with van der Waals surface area (Å²) in [6.45, 7) is 7.09. The molecule has 1 aliphatic heterocycles. The van der Waals surface area contributed by atoms with Crippen molar-refractivity contribution in [3.8, 4) is 17.2 Å². The van der Waals surface area contributed by atoms with Crippen LogP contribution in [0.3, 0.4) is 0 Å². The summed E-state index contributed by atoms with van der Waals surface area (Å²) in [4.78, 5) is 25.5. The highest BCUT2D eigenvalue weighted by molar-refractivity contribution is 6.31. The van der Waals surface area contributed by atoms with Crippen LogP contribution in [0.15, 0.2) is 54.9 Å². The molecule has 5 rings (SSSR count). The maximum atomic E-state index is 14.3. The lowest BCUT2D eigenvalue weighted by atomic mass is 10.0. The highest BCUT2D eigenvalue weighted by Crippen LogP contribution is 2.39. The Kier molecular flexibility index (Phi) is 9.91. The van der Waals surface area contributed by atoms with Crippen molar-refractivity contribution in [1.82, 2.24) is 14.9 Å². The Morgan fingerprint density at radius 1 is 0.978 bits per heavy atom. The third kappa shape index (κ3) is 7.47. The predicted molar refractivity (Wildman–Crippen MR) is 177 cm³/mol. The number of rotatable bonds is 9. The number of carbonyl (C=O) groups excluding carboxylic acids is 1. The minimum Gasteiger partial charge on any atom is -0.495 e. The van der Waals surface area contributed by atoms with Gasteiger partial charge in [0.2, 0.25) is 0 Å². The molecule has 12 heteroatoms. The average molecular weight is 652 g/mol. The quantitative estimate of drug-likeness (QED) is 0.196. The minimum atomic E-state index is -0.545. The molecule has 4 aromatic rings. The number of hydrogen-bond donors (Lipinski definition) is 1. The molecule has 46 heavy (non-hydrogen) atoms. The van der Waals surface area contributed by atoms with Crippen molar-refractivity contribution in [3.05, 3.63) is 71.3 Å². The number of aromatic nitrogens is 2. The molecule has 0 unspecified atom stereocenters. The molecule has 0 atom stereocenters. The fourth-order valence-corrected chi connectivity index (χ4v) is 5.60. The van der Waals surface area contributed by atoms with Crippen LogP contribution in [0.5, 0.6) is 17.2 Å². The van der Waals surface area contributed by atoms with Crippen LogP contribution in [0, 0.1) is 5.82 Å². The summed E-state index contributed by atoms with van der Waals surface area (Å²) in [7, 11) is 4.78. The smallest absolute Gasteiger partial charge is 0.410 e. The van der Waals surface area contributed by atoms with E-state index in [1.807, 2.05) is 56.0 Å². The van der Waals surface area contributed by atoms with E-state index in [0.29, 0.717) is 53.9 Å². The van der Waals surface area contributed by atoms with E-state index >= 15 is 0 Å². The zero-order valence-corrected chi connectivity index (χ0v) is 27.7. The van der Waals surface area contributed by atoms with Crippen molar-refractivity contribution in [2.45, 2.75) is 51.8 Å². The molecule has 1 amide bonds. The maximum Gasteiger partial charge on any atom is 0.410 e. The van der Waals surface area contributed by atoms with Gasteiger partial charge in [0.25, 0.3) is 0 Å². The number of amides is 1. The van der Waals surface area contributed by atoms with Crippen LogP contribution < -0.4 is 24.4 Å². The molecule has 1 aromatic heterocycles. The fraction of sp³-hybridized carbons (Fsp3) is 0.382. The zero-order chi connectivity index (χ0) is 33.0. The SMILES string of the molecule is COc1cc2ncnc(N(Cc3ccc(OC)c(OC)c3)c3ccc(F)c(Cl)c3)c2cc1NC1CCN(C(=O)OC(C)(C)C)CC1. The Hall–Kier alpha value is -4.51. The molecule has 1 saturated heterocycles. The predicted octanol–water partition coefficient (Wildman–Crippen LogP) is 7.60. The van der Waals surface area contributed by atoms with Gasteiger partial charge in [-0.25, -0.2) is 19.2 Å². The Bertz CT molecular complexity index is 1710. The maximum absolute atomic E-state index is 14.3. The van der Waals surface area contributed by atoms with Crippen LogP contribution in [0.1, 0.15) is 39.2 Å². The fourth-order valence-electron chi connectivity index (χ4n) is 5.42. The van der Waals surface area contributed by atoms with Crippen LogP contribution in [-0.2, 0) is 11.3 Å². The Balaban J connectivity index is 1.49. The Morgan fingerprint density at radius 2 is 1.70 bits per heavy atom. The van der Waals surface area contributed by atoms with Gasteiger partial charge in [0, 0.05) is 42.8 Å². The standard InChI is InChI=1S/C34H39ClFN5O5/c1-34(2,3)46-33(42)40-13-11-22(12-14-40)39-28-17-24-27(18-30(28)44-5)37-20-38-32(24)41(23-8-9-26(36)25(35)16-23)19-21-7-10-29(43-4)31(15-21)45-6/h7-10,15-18,20,22,39H,11-14,19H2,1-6H3. The van der Waals surface area contributed by atoms with Crippen molar-refractivity contribution >= 4 is 45.8 Å². The molecule has 0 radical (unpaired) electrons. The second-order valence-electron chi connectivity index (χ2n) is 12.0. The summed E-state index contributed by atoms with van der Waals surface area (Å²) in [5, 5.41) is 4.36. The highest BCUT2D eigenvalue weighted by atomic mass is 35.5. The van der Waals surface area contributed by atoms with Crippen molar-refractivity contribution in [2.24, 2.45) is 0 Å². The molecular weight excluding hydrogens is 613 g/mol. The second kappa shape index (κ2) is 13.9. The van der Waals surface area contributed by atoms with Gasteiger partial charge in [-0.1, -0.05) is 17.7 Å². The van der Waals surface area contributed by atoms with Crippen molar-refractivity contribution in [2.75, 3.05) is 44.6 Å². The van der Waals surface area contributed by atoms with Crippen molar-refractivity contribution in [1.29, 1.82) is 0 Å². The first-order chi connectivity index (χ1) is 22.0. The number of piperidine rings is 1. The largest absolute Gasteiger partial charge is 0.495 e. The molecule has 0 bridgehead atoms. The number of ether oxygens (including phenoxy) is 4. The van der Waals surface area contributed by atoms with Crippen LogP contribution in [0.2, 0.25) is 5.02 Å². The van der Waals surface area contributed by atoms with Crippen molar-refractivity contribution in [3.63, 3.8) is 0 Å². The summed E-state index contributed by atoms with van der Waals surface area (Å²) in [5.41, 5.74) is 2.42. The monoisotopic (exact) mass is 651 g/mol. The van der Waals surface area contributed by atoms with Crippen LogP contribution in [0.25, 0.3) is 10.9 Å². The molecule has 0 spiro atoms. The van der Waals surface area contributed by atoms with E-state index in [4.69, 9.17) is 35.5 Å². The lowest BCUT2D eigenvalue weighted by molar-refractivity contribution is 0.0210. The molecule has 1 N–H and O–H groups in total. The molecule has 0 saturated carbocycles. The molecule has 1 aliphatic rings. The lowest BCUT2D eigenvalue weighted by Gasteiger charge is -2.34. The first kappa shape index (κ1) is 32.9. The van der Waals surface area contributed by atoms with Gasteiger partial charge in [0.1, 0.15) is 29.3 Å². The van der Waals surface area contributed by atoms with E-state index in [-0.39, 0.29) is 17.2 Å². The third-order valence-corrected chi connectivity index (χ3v) is 7.99. The van der Waals surface area contributed by atoms with E-state index in [9.17, 15) is 9.18 Å². The molecule has 0 aliphatic carbocycles. The normalized spacial score (nSPS) is 13.8. The van der Waals surface area contributed by atoms with E-state index in [1.165, 1.54) is 12.4 Å². The zero-order valence-electron chi connectivity index (χ0n) is 26.9. The minimum absolute atomic E-state index is 0.00470. The number of methoxy groups -OCH3 is 3. The highest BCUT2D eigenvalue weighted by Gasteiger charge is 2.28. The summed E-state index contributed by atoms with van der Waals surface area (Å²) >= 11 is 6.26. The second-order valence-corrected chi connectivity index (χ2v) is 12.4. The first-order valence-electron chi connectivity index (χ1n) is 15.0. The third-order valence-electron chi connectivity index (χ3n) is 7.70. The number of carbonyl (C=O) groups is 1. The summed E-state index contributed by atoms with van der Waals surface area (Å²) < 4.78 is 36.5. The average Bonchev–Trinajstić information content (AvgIpc) is 3.04. The molecule has 2 heterocycles. The number of likely N-dealkylation sites (tertiary alicyclic amines) is 1. The Morgan fingerprint density at radius 3 is 2.35 bits per heavy atom. The Labute approximate surface area is 273 Å². The van der Waals surface area contributed by atoms with E-state index in [1.54, 1.807) is 38.4 Å². The van der Waals surface area contributed by atoms with Gasteiger partial charge in [0.05, 0.1) is 37.6 Å². The van der Waals surface area contributed by atoms with Crippen molar-refractivity contribution < 1.29 is 28.1 Å². The first-order valence-corrected chi connectivity index (χ1v) is 15.4. The van der Waals surface area contributed by atoms with Gasteiger partial charge in [-0.05, 0) is 75.6 Å². The number of benzene rings is 3. The molecule has 244 valence electrons. The summed E-state index contributed by atoms with van der Waals surface area (Å²) in [5.74, 6) is 1.89. The van der Waals surface area contributed by atoms with Crippen LogP contribution >= 0.6 is 11.6 Å². The number of nitrogens with one attached hydrogen (secondary N) is 1. The summed E-state index contributed by atoms with van der Waals surface area (Å²) in [6.07, 6.45) is 2.66. The van der Waals surface area contributed by atoms with Gasteiger partial charge >= 0.3 is 6.09 Å². The topological polar surface area (TPSA) is 98.3 Å². The van der Waals surface area contributed by atoms with Gasteiger partial charge < -0.3 is 34.1 Å². The van der Waals surface area contributed by atoms with Crippen LogP contribution in [0.4, 0.5) is 26.4 Å². The molecule has 3 aromatic carbocycles. The lowest BCUT2D eigenvalue weighted by Crippen LogP contribution is -2.44. The van der Waals surface area contributed by atoms with E-state index < -0.39 is 11.4 Å². The summed E-state index contributed by atoms with van der Waals surface area (Å²) in [6, 6.07) is 14.2. The van der Waals surface area contributed by atoms with Gasteiger partial charge in [-0.3, -0.25) is 0 Å². The number of nitrogens with zero attached hydrogens (tertiary/aromatic N) is 4. The van der Waals surface area contributed by atoms with Gasteiger partial charge in [-0.15, -0.1) is 0 Å². The number of anilines is 3. The number of halogens is 2. The van der Waals surface area contributed by atoms with E-state index in [2.05, 4.69) is 10.3 Å².